The highest BCUT2D eigenvalue weighted by Crippen LogP contribution is 2.37. The van der Waals surface area contributed by atoms with Crippen molar-refractivity contribution in [2.24, 2.45) is 5.10 Å². The molecule has 31 heavy (non-hydrogen) atoms. The summed E-state index contributed by atoms with van der Waals surface area (Å²) in [5.41, 5.74) is 2.21. The summed E-state index contributed by atoms with van der Waals surface area (Å²) in [6, 6.07) is 2.65. The van der Waals surface area contributed by atoms with Gasteiger partial charge in [0.05, 0.1) is 29.2 Å². The molecule has 0 bridgehead atoms. The van der Waals surface area contributed by atoms with E-state index < -0.39 is 10.8 Å². The molecule has 12 nitrogen and oxygen atoms in total. The second kappa shape index (κ2) is 10.4. The lowest BCUT2D eigenvalue weighted by atomic mass is 10.1. The van der Waals surface area contributed by atoms with Crippen molar-refractivity contribution in [1.82, 2.24) is 15.6 Å². The molecule has 1 aromatic carbocycles. The minimum atomic E-state index is -0.579. The number of aromatic nitrogens is 2. The number of rotatable bonds is 10. The number of nitrogens with zero attached hydrogens (tertiary/aromatic N) is 4. The Balaban J connectivity index is 1.53. The topological polar surface area (TPSA) is 158 Å². The molecule has 0 aliphatic carbocycles. The number of unbranched alkanes of at least 4 members (excludes halogenated alkanes) is 2. The minimum absolute atomic E-state index is 0.0210. The van der Waals surface area contributed by atoms with Crippen molar-refractivity contribution in [3.8, 4) is 11.5 Å². The number of hydrazone groups is 1. The minimum Gasteiger partial charge on any atom is -0.454 e. The lowest BCUT2D eigenvalue weighted by Gasteiger charge is -2.01. The number of carbonyl (C=O) groups excluding carboxylic acids is 2. The highest BCUT2D eigenvalue weighted by Gasteiger charge is 2.22. The smallest absolute Gasteiger partial charge is 0.282 e. The van der Waals surface area contributed by atoms with Crippen LogP contribution in [0.4, 0.5) is 10.8 Å². The van der Waals surface area contributed by atoms with Crippen molar-refractivity contribution in [3.63, 3.8) is 0 Å². The van der Waals surface area contributed by atoms with Gasteiger partial charge >= 0.3 is 0 Å². The number of nitro groups is 1. The lowest BCUT2D eigenvalue weighted by Crippen LogP contribution is -2.19. The van der Waals surface area contributed by atoms with E-state index >= 15 is 0 Å². The van der Waals surface area contributed by atoms with Gasteiger partial charge in [-0.05, 0) is 12.5 Å². The average molecular weight is 448 g/mol. The van der Waals surface area contributed by atoms with Crippen molar-refractivity contribution < 1.29 is 24.0 Å². The molecule has 13 heteroatoms. The molecule has 2 amide bonds. The van der Waals surface area contributed by atoms with Gasteiger partial charge in [-0.1, -0.05) is 31.1 Å². The summed E-state index contributed by atoms with van der Waals surface area (Å²) in [7, 11) is 0. The van der Waals surface area contributed by atoms with E-state index in [4.69, 9.17) is 9.47 Å². The van der Waals surface area contributed by atoms with Crippen molar-refractivity contribution in [3.05, 3.63) is 32.8 Å². The Morgan fingerprint density at radius 1 is 1.26 bits per heavy atom. The zero-order valence-electron chi connectivity index (χ0n) is 16.6. The summed E-state index contributed by atoms with van der Waals surface area (Å²) in [6.07, 6.45) is 4.25. The number of nitrogens with one attached hydrogen (secondary N) is 2. The van der Waals surface area contributed by atoms with Crippen molar-refractivity contribution in [2.45, 2.75) is 39.0 Å². The number of benzene rings is 1. The van der Waals surface area contributed by atoms with E-state index in [1.54, 1.807) is 0 Å². The Labute approximate surface area is 180 Å². The molecule has 0 unspecified atom stereocenters. The molecule has 0 fully saturated rings. The lowest BCUT2D eigenvalue weighted by molar-refractivity contribution is -0.385. The van der Waals surface area contributed by atoms with Crippen LogP contribution in [0.25, 0.3) is 0 Å². The summed E-state index contributed by atoms with van der Waals surface area (Å²) < 4.78 is 10.3. The van der Waals surface area contributed by atoms with Gasteiger partial charge in [0.1, 0.15) is 5.01 Å². The molecule has 1 aromatic heterocycles. The molecule has 2 N–H and O–H groups in total. The fourth-order valence-electron chi connectivity index (χ4n) is 2.65. The number of carbonyl (C=O) groups is 2. The molecule has 0 spiro atoms. The maximum absolute atomic E-state index is 12.1. The van der Waals surface area contributed by atoms with Gasteiger partial charge in [-0.2, -0.15) is 5.10 Å². The number of anilines is 1. The van der Waals surface area contributed by atoms with Crippen molar-refractivity contribution >= 4 is 40.2 Å². The van der Waals surface area contributed by atoms with Gasteiger partial charge in [-0.3, -0.25) is 19.7 Å². The Bertz CT molecular complexity index is 1010. The third-order valence-corrected chi connectivity index (χ3v) is 4.98. The van der Waals surface area contributed by atoms with Crippen LogP contribution in [0.1, 0.15) is 43.2 Å². The number of fused-ring (bicyclic) bond motifs is 1. The van der Waals surface area contributed by atoms with Crippen molar-refractivity contribution in [1.29, 1.82) is 0 Å². The van der Waals surface area contributed by atoms with Crippen LogP contribution in [-0.2, 0) is 16.0 Å². The van der Waals surface area contributed by atoms with Gasteiger partial charge in [0.2, 0.25) is 23.7 Å². The number of hydrogen-bond donors (Lipinski definition) is 2. The molecular formula is C18H20N6O6S. The molecule has 3 rings (SSSR count). The first kappa shape index (κ1) is 22.1. The van der Waals surface area contributed by atoms with Gasteiger partial charge in [-0.15, -0.1) is 10.2 Å². The van der Waals surface area contributed by atoms with E-state index in [-0.39, 0.29) is 36.1 Å². The second-order valence-corrected chi connectivity index (χ2v) is 7.56. The predicted octanol–water partition coefficient (Wildman–Crippen LogP) is 2.39. The first-order valence-electron chi connectivity index (χ1n) is 9.48. The summed E-state index contributed by atoms with van der Waals surface area (Å²) in [5.74, 6) is 0.000983. The Morgan fingerprint density at radius 2 is 2.03 bits per heavy atom. The van der Waals surface area contributed by atoms with Gasteiger partial charge in [0.15, 0.2) is 11.5 Å². The molecule has 0 saturated carbocycles. The van der Waals surface area contributed by atoms with E-state index in [1.807, 2.05) is 0 Å². The van der Waals surface area contributed by atoms with E-state index in [2.05, 4.69) is 33.0 Å². The fourth-order valence-corrected chi connectivity index (χ4v) is 3.41. The maximum atomic E-state index is 12.1. The highest BCUT2D eigenvalue weighted by molar-refractivity contribution is 7.15. The van der Waals surface area contributed by atoms with Crippen LogP contribution in [0.2, 0.25) is 0 Å². The van der Waals surface area contributed by atoms with Crippen LogP contribution in [-0.4, -0.2) is 39.9 Å². The SMILES string of the molecule is CCCCCC(=O)Nc1nnc(CC(=O)N/N=C\c2cc3c(cc2[N+](=O)[O-])OCO3)s1. The quantitative estimate of drug-likeness (QED) is 0.243. The average Bonchev–Trinajstić information content (AvgIpc) is 3.36. The van der Waals surface area contributed by atoms with Gasteiger partial charge < -0.3 is 14.8 Å². The van der Waals surface area contributed by atoms with E-state index in [0.717, 1.165) is 36.8 Å². The molecule has 164 valence electrons. The number of ether oxygens (including phenoxy) is 2. The molecule has 0 atom stereocenters. The zero-order chi connectivity index (χ0) is 22.2. The Kier molecular flexibility index (Phi) is 7.43. The molecule has 2 aromatic rings. The summed E-state index contributed by atoms with van der Waals surface area (Å²) in [4.78, 5) is 34.5. The van der Waals surface area contributed by atoms with Crippen LogP contribution in [0, 0.1) is 10.1 Å². The Hall–Kier alpha value is -3.61. The molecule has 0 saturated heterocycles. The van der Waals surface area contributed by atoms with Crippen LogP contribution >= 0.6 is 11.3 Å². The second-order valence-electron chi connectivity index (χ2n) is 6.50. The van der Waals surface area contributed by atoms with Crippen LogP contribution < -0.4 is 20.2 Å². The third-order valence-electron chi connectivity index (χ3n) is 4.14. The molecular weight excluding hydrogens is 428 g/mol. The summed E-state index contributed by atoms with van der Waals surface area (Å²) in [6.45, 7) is 2.03. The van der Waals surface area contributed by atoms with Crippen LogP contribution in [0.15, 0.2) is 17.2 Å². The summed E-state index contributed by atoms with van der Waals surface area (Å²) in [5, 5.41) is 26.1. The van der Waals surface area contributed by atoms with Gasteiger partial charge in [-0.25, -0.2) is 5.43 Å². The number of amides is 2. The van der Waals surface area contributed by atoms with Crippen LogP contribution in [0.5, 0.6) is 11.5 Å². The number of hydrogen-bond acceptors (Lipinski definition) is 10. The third kappa shape index (κ3) is 6.18. The first-order valence-corrected chi connectivity index (χ1v) is 10.3. The predicted molar refractivity (Wildman–Crippen MR) is 111 cm³/mol. The normalized spacial score (nSPS) is 12.2. The highest BCUT2D eigenvalue weighted by atomic mass is 32.1. The monoisotopic (exact) mass is 448 g/mol. The van der Waals surface area contributed by atoms with E-state index in [0.29, 0.717) is 22.3 Å². The van der Waals surface area contributed by atoms with E-state index in [1.165, 1.54) is 12.1 Å². The van der Waals surface area contributed by atoms with E-state index in [9.17, 15) is 19.7 Å². The zero-order valence-corrected chi connectivity index (χ0v) is 17.4. The van der Waals surface area contributed by atoms with Crippen LogP contribution in [0.3, 0.4) is 0 Å². The number of nitro benzene ring substituents is 1. The van der Waals surface area contributed by atoms with Gasteiger partial charge in [0.25, 0.3) is 5.69 Å². The summed E-state index contributed by atoms with van der Waals surface area (Å²) >= 11 is 1.09. The standard InChI is InChI=1S/C18H20N6O6S/c1-2-3-4-5-15(25)20-18-23-22-17(31-18)8-16(26)21-19-9-11-6-13-14(30-10-29-13)7-12(11)24(27)28/h6-7,9H,2-5,8,10H2,1H3,(H,21,26)(H,20,23,25)/b19-9-. The van der Waals surface area contributed by atoms with Crippen molar-refractivity contribution in [2.75, 3.05) is 12.1 Å². The Morgan fingerprint density at radius 3 is 2.77 bits per heavy atom. The largest absolute Gasteiger partial charge is 0.454 e. The molecule has 1 aliphatic rings. The fraction of sp³-hybridized carbons (Fsp3) is 0.389. The van der Waals surface area contributed by atoms with Gasteiger partial charge in [0, 0.05) is 6.42 Å². The first-order chi connectivity index (χ1) is 15.0. The molecule has 2 heterocycles. The molecule has 1 aliphatic heterocycles. The maximum Gasteiger partial charge on any atom is 0.282 e. The molecule has 0 radical (unpaired) electrons.